The standard InChI is InChI=1S/C22H25N3O3/c1-15-7-8-16(2)20(13-15)23-21(27)18-5-4-6-19(14-18)22(28)25-11-9-24(10-12-25)17(3)26/h4-8,13-14H,9-12H2,1-3H3,(H,23,27). The summed E-state index contributed by atoms with van der Waals surface area (Å²) < 4.78 is 0. The summed E-state index contributed by atoms with van der Waals surface area (Å²) in [6.45, 7) is 7.52. The lowest BCUT2D eigenvalue weighted by Crippen LogP contribution is -2.50. The zero-order chi connectivity index (χ0) is 20.3. The number of anilines is 1. The molecule has 146 valence electrons. The van der Waals surface area contributed by atoms with Crippen molar-refractivity contribution in [3.05, 3.63) is 64.7 Å². The number of hydrogen-bond donors (Lipinski definition) is 1. The van der Waals surface area contributed by atoms with E-state index >= 15 is 0 Å². The maximum absolute atomic E-state index is 12.8. The molecule has 0 aromatic heterocycles. The van der Waals surface area contributed by atoms with Crippen molar-refractivity contribution < 1.29 is 14.4 Å². The quantitative estimate of drug-likeness (QED) is 0.892. The van der Waals surface area contributed by atoms with Crippen molar-refractivity contribution in [1.29, 1.82) is 0 Å². The van der Waals surface area contributed by atoms with E-state index in [4.69, 9.17) is 0 Å². The van der Waals surface area contributed by atoms with Crippen LogP contribution in [0, 0.1) is 13.8 Å². The van der Waals surface area contributed by atoms with Gasteiger partial charge in [-0.3, -0.25) is 14.4 Å². The Morgan fingerprint density at radius 1 is 0.857 bits per heavy atom. The van der Waals surface area contributed by atoms with E-state index in [1.54, 1.807) is 34.1 Å². The summed E-state index contributed by atoms with van der Waals surface area (Å²) in [4.78, 5) is 40.4. The van der Waals surface area contributed by atoms with Gasteiger partial charge in [-0.25, -0.2) is 0 Å². The minimum absolute atomic E-state index is 0.0252. The first-order valence-electron chi connectivity index (χ1n) is 9.38. The molecule has 2 aromatic rings. The average Bonchev–Trinajstić information content (AvgIpc) is 2.70. The molecule has 0 aliphatic carbocycles. The molecular formula is C22H25N3O3. The minimum atomic E-state index is -0.246. The number of hydrogen-bond acceptors (Lipinski definition) is 3. The van der Waals surface area contributed by atoms with Crippen LogP contribution in [0.3, 0.4) is 0 Å². The highest BCUT2D eigenvalue weighted by molar-refractivity contribution is 6.06. The van der Waals surface area contributed by atoms with E-state index in [2.05, 4.69) is 5.32 Å². The fourth-order valence-electron chi connectivity index (χ4n) is 3.27. The number of benzene rings is 2. The first-order chi connectivity index (χ1) is 13.3. The maximum atomic E-state index is 12.8. The van der Waals surface area contributed by atoms with Gasteiger partial charge in [-0.15, -0.1) is 0 Å². The van der Waals surface area contributed by atoms with Crippen molar-refractivity contribution in [2.45, 2.75) is 20.8 Å². The van der Waals surface area contributed by atoms with Gasteiger partial charge in [0.1, 0.15) is 0 Å². The Balaban J connectivity index is 1.71. The molecule has 0 saturated carbocycles. The van der Waals surface area contributed by atoms with Crippen LogP contribution in [-0.2, 0) is 4.79 Å². The Morgan fingerprint density at radius 2 is 1.50 bits per heavy atom. The SMILES string of the molecule is CC(=O)N1CCN(C(=O)c2cccc(C(=O)Nc3cc(C)ccc3C)c2)CC1. The van der Waals surface area contributed by atoms with Gasteiger partial charge in [-0.05, 0) is 49.2 Å². The molecule has 1 heterocycles. The highest BCUT2D eigenvalue weighted by atomic mass is 16.2. The fourth-order valence-corrected chi connectivity index (χ4v) is 3.27. The van der Waals surface area contributed by atoms with Crippen LogP contribution < -0.4 is 5.32 Å². The van der Waals surface area contributed by atoms with Gasteiger partial charge in [0.05, 0.1) is 0 Å². The van der Waals surface area contributed by atoms with Crippen LogP contribution in [0.1, 0.15) is 38.8 Å². The van der Waals surface area contributed by atoms with Crippen LogP contribution >= 0.6 is 0 Å². The molecule has 0 radical (unpaired) electrons. The number of nitrogens with zero attached hydrogens (tertiary/aromatic N) is 2. The number of carbonyl (C=O) groups excluding carboxylic acids is 3. The van der Waals surface area contributed by atoms with Gasteiger partial charge in [0, 0.05) is 49.9 Å². The van der Waals surface area contributed by atoms with Crippen molar-refractivity contribution in [1.82, 2.24) is 9.80 Å². The van der Waals surface area contributed by atoms with Crippen molar-refractivity contribution in [3.63, 3.8) is 0 Å². The van der Waals surface area contributed by atoms with Crippen molar-refractivity contribution in [2.24, 2.45) is 0 Å². The molecule has 0 atom stereocenters. The Morgan fingerprint density at radius 3 is 2.18 bits per heavy atom. The Kier molecular flexibility index (Phi) is 5.78. The lowest BCUT2D eigenvalue weighted by atomic mass is 10.1. The molecule has 2 aromatic carbocycles. The third-order valence-corrected chi connectivity index (χ3v) is 5.03. The molecule has 3 amide bonds. The molecule has 1 N–H and O–H groups in total. The van der Waals surface area contributed by atoms with E-state index in [0.29, 0.717) is 37.3 Å². The third-order valence-electron chi connectivity index (χ3n) is 5.03. The molecule has 1 aliphatic heterocycles. The number of rotatable bonds is 3. The van der Waals surface area contributed by atoms with Crippen LogP contribution in [0.5, 0.6) is 0 Å². The molecule has 1 saturated heterocycles. The predicted molar refractivity (Wildman–Crippen MR) is 108 cm³/mol. The summed E-state index contributed by atoms with van der Waals surface area (Å²) in [5.74, 6) is -0.341. The topological polar surface area (TPSA) is 69.7 Å². The van der Waals surface area contributed by atoms with E-state index in [-0.39, 0.29) is 17.7 Å². The van der Waals surface area contributed by atoms with Gasteiger partial charge in [0.15, 0.2) is 0 Å². The third kappa shape index (κ3) is 4.39. The van der Waals surface area contributed by atoms with E-state index in [0.717, 1.165) is 16.8 Å². The summed E-state index contributed by atoms with van der Waals surface area (Å²) in [5, 5.41) is 2.92. The molecule has 0 bridgehead atoms. The van der Waals surface area contributed by atoms with Crippen LogP contribution in [0.4, 0.5) is 5.69 Å². The summed E-state index contributed by atoms with van der Waals surface area (Å²) >= 11 is 0. The second kappa shape index (κ2) is 8.25. The number of piperazine rings is 1. The van der Waals surface area contributed by atoms with Crippen LogP contribution in [0.2, 0.25) is 0 Å². The highest BCUT2D eigenvalue weighted by Crippen LogP contribution is 2.18. The van der Waals surface area contributed by atoms with Crippen molar-refractivity contribution in [3.8, 4) is 0 Å². The van der Waals surface area contributed by atoms with Crippen LogP contribution in [-0.4, -0.2) is 53.7 Å². The molecule has 6 heteroatoms. The number of aryl methyl sites for hydroxylation is 2. The van der Waals surface area contributed by atoms with Gasteiger partial charge < -0.3 is 15.1 Å². The molecule has 0 unspecified atom stereocenters. The van der Waals surface area contributed by atoms with E-state index in [1.807, 2.05) is 32.0 Å². The lowest BCUT2D eigenvalue weighted by molar-refractivity contribution is -0.130. The second-order valence-electron chi connectivity index (χ2n) is 7.15. The monoisotopic (exact) mass is 379 g/mol. The van der Waals surface area contributed by atoms with Gasteiger partial charge >= 0.3 is 0 Å². The van der Waals surface area contributed by atoms with Gasteiger partial charge in [-0.2, -0.15) is 0 Å². The zero-order valence-electron chi connectivity index (χ0n) is 16.5. The summed E-state index contributed by atoms with van der Waals surface area (Å²) in [6.07, 6.45) is 0. The molecular weight excluding hydrogens is 354 g/mol. The zero-order valence-corrected chi connectivity index (χ0v) is 16.5. The number of carbonyl (C=O) groups is 3. The summed E-state index contributed by atoms with van der Waals surface area (Å²) in [6, 6.07) is 12.6. The molecule has 6 nitrogen and oxygen atoms in total. The molecule has 28 heavy (non-hydrogen) atoms. The van der Waals surface area contributed by atoms with Gasteiger partial charge in [0.25, 0.3) is 11.8 Å². The average molecular weight is 379 g/mol. The van der Waals surface area contributed by atoms with E-state index in [1.165, 1.54) is 6.92 Å². The van der Waals surface area contributed by atoms with Crippen molar-refractivity contribution in [2.75, 3.05) is 31.5 Å². The fraction of sp³-hybridized carbons (Fsp3) is 0.318. The highest BCUT2D eigenvalue weighted by Gasteiger charge is 2.23. The molecule has 1 fully saturated rings. The van der Waals surface area contributed by atoms with Crippen LogP contribution in [0.25, 0.3) is 0 Å². The maximum Gasteiger partial charge on any atom is 0.255 e. The molecule has 1 aliphatic rings. The Hall–Kier alpha value is -3.15. The summed E-state index contributed by atoms with van der Waals surface area (Å²) in [5.41, 5.74) is 3.73. The largest absolute Gasteiger partial charge is 0.339 e. The first-order valence-corrected chi connectivity index (χ1v) is 9.38. The van der Waals surface area contributed by atoms with E-state index < -0.39 is 0 Å². The summed E-state index contributed by atoms with van der Waals surface area (Å²) in [7, 11) is 0. The smallest absolute Gasteiger partial charge is 0.255 e. The Bertz CT molecular complexity index is 915. The normalized spacial score (nSPS) is 14.0. The molecule has 3 rings (SSSR count). The number of amides is 3. The Labute approximate surface area is 165 Å². The van der Waals surface area contributed by atoms with Crippen LogP contribution in [0.15, 0.2) is 42.5 Å². The predicted octanol–water partition coefficient (Wildman–Crippen LogP) is 2.86. The lowest BCUT2D eigenvalue weighted by Gasteiger charge is -2.34. The van der Waals surface area contributed by atoms with Gasteiger partial charge in [0.2, 0.25) is 5.91 Å². The van der Waals surface area contributed by atoms with Gasteiger partial charge in [-0.1, -0.05) is 18.2 Å². The van der Waals surface area contributed by atoms with Crippen molar-refractivity contribution >= 4 is 23.4 Å². The first kappa shape index (κ1) is 19.6. The number of nitrogens with one attached hydrogen (secondary N) is 1. The van der Waals surface area contributed by atoms with E-state index in [9.17, 15) is 14.4 Å². The molecule has 0 spiro atoms. The minimum Gasteiger partial charge on any atom is -0.339 e. The second-order valence-corrected chi connectivity index (χ2v) is 7.15.